The van der Waals surface area contributed by atoms with E-state index < -0.39 is 23.2 Å². The van der Waals surface area contributed by atoms with Gasteiger partial charge in [-0.05, 0) is 12.1 Å². The van der Waals surface area contributed by atoms with E-state index in [4.69, 9.17) is 14.3 Å². The molecule has 0 aromatic heterocycles. The number of carbonyl (C=O) groups excluding carboxylic acids is 4. The number of fused-ring (bicyclic) bond motifs is 1. The van der Waals surface area contributed by atoms with Crippen molar-refractivity contribution in [2.24, 2.45) is 5.41 Å². The van der Waals surface area contributed by atoms with Crippen LogP contribution in [0.25, 0.3) is 0 Å². The van der Waals surface area contributed by atoms with Crippen molar-refractivity contribution in [2.75, 3.05) is 19.5 Å². The zero-order valence-corrected chi connectivity index (χ0v) is 17.8. The summed E-state index contributed by atoms with van der Waals surface area (Å²) in [7, 11) is 2.79. The standard InChI is InChI=1S/C22H22N2O7/c1-22(2,3)21(28)23-15-11-17(30-5)16(29-4)10-14(15)20(27)31-24-18(25)12-8-6-7-9-13(12)19(24)26/h6-11H,1-5H3,(H,23,28). The number of hydrogen-bond donors (Lipinski definition) is 1. The van der Waals surface area contributed by atoms with Gasteiger partial charge in [-0.25, -0.2) is 4.79 Å². The minimum absolute atomic E-state index is 0.0826. The highest BCUT2D eigenvalue weighted by atomic mass is 16.7. The van der Waals surface area contributed by atoms with Gasteiger partial charge in [-0.15, -0.1) is 0 Å². The molecule has 1 heterocycles. The van der Waals surface area contributed by atoms with Gasteiger partial charge in [-0.2, -0.15) is 0 Å². The van der Waals surface area contributed by atoms with Crippen molar-refractivity contribution >= 4 is 29.4 Å². The molecule has 0 radical (unpaired) electrons. The number of hydrogen-bond acceptors (Lipinski definition) is 7. The lowest BCUT2D eigenvalue weighted by atomic mass is 9.95. The minimum Gasteiger partial charge on any atom is -0.493 e. The van der Waals surface area contributed by atoms with Crippen molar-refractivity contribution in [3.63, 3.8) is 0 Å². The first-order chi connectivity index (χ1) is 14.6. The zero-order chi connectivity index (χ0) is 22.9. The molecule has 2 aromatic rings. The molecule has 0 spiro atoms. The number of ether oxygens (including phenoxy) is 2. The lowest BCUT2D eigenvalue weighted by Gasteiger charge is -2.21. The molecule has 31 heavy (non-hydrogen) atoms. The third kappa shape index (κ3) is 4.07. The van der Waals surface area contributed by atoms with Gasteiger partial charge in [-0.1, -0.05) is 38.0 Å². The van der Waals surface area contributed by atoms with Gasteiger partial charge in [0.25, 0.3) is 11.8 Å². The monoisotopic (exact) mass is 426 g/mol. The molecule has 1 aliphatic heterocycles. The summed E-state index contributed by atoms with van der Waals surface area (Å²) in [5, 5.41) is 3.06. The Morgan fingerprint density at radius 2 is 1.42 bits per heavy atom. The fourth-order valence-electron chi connectivity index (χ4n) is 2.84. The van der Waals surface area contributed by atoms with Crippen LogP contribution < -0.4 is 14.8 Å². The van der Waals surface area contributed by atoms with E-state index in [2.05, 4.69) is 5.32 Å². The fourth-order valence-corrected chi connectivity index (χ4v) is 2.84. The maximum atomic E-state index is 12.9. The molecule has 0 unspecified atom stereocenters. The highest BCUT2D eigenvalue weighted by Crippen LogP contribution is 2.35. The Morgan fingerprint density at radius 3 is 1.90 bits per heavy atom. The van der Waals surface area contributed by atoms with Crippen LogP contribution in [-0.2, 0) is 9.63 Å². The van der Waals surface area contributed by atoms with Crippen LogP contribution in [-0.4, -0.2) is 43.0 Å². The summed E-state index contributed by atoms with van der Waals surface area (Å²) < 4.78 is 10.5. The van der Waals surface area contributed by atoms with Gasteiger partial charge in [0.2, 0.25) is 5.91 Å². The van der Waals surface area contributed by atoms with Crippen molar-refractivity contribution < 1.29 is 33.5 Å². The fraction of sp³-hybridized carbons (Fsp3) is 0.273. The molecule has 0 bridgehead atoms. The summed E-state index contributed by atoms with van der Waals surface area (Å²) in [6.07, 6.45) is 0. The van der Waals surface area contributed by atoms with E-state index >= 15 is 0 Å². The first-order valence-corrected chi connectivity index (χ1v) is 9.36. The van der Waals surface area contributed by atoms with Crippen LogP contribution in [0.15, 0.2) is 36.4 Å². The summed E-state index contributed by atoms with van der Waals surface area (Å²) in [6, 6.07) is 8.84. The number of nitrogens with one attached hydrogen (secondary N) is 1. The van der Waals surface area contributed by atoms with Crippen LogP contribution in [0.5, 0.6) is 11.5 Å². The predicted octanol–water partition coefficient (Wildman–Crippen LogP) is 3.06. The number of benzene rings is 2. The molecule has 1 N–H and O–H groups in total. The van der Waals surface area contributed by atoms with E-state index in [1.54, 1.807) is 32.9 Å². The van der Waals surface area contributed by atoms with Gasteiger partial charge < -0.3 is 19.6 Å². The molecule has 3 rings (SSSR count). The second-order valence-electron chi connectivity index (χ2n) is 7.79. The molecular formula is C22H22N2O7. The number of hydroxylamine groups is 2. The number of rotatable bonds is 5. The van der Waals surface area contributed by atoms with Gasteiger partial charge in [0.15, 0.2) is 11.5 Å². The van der Waals surface area contributed by atoms with Crippen molar-refractivity contribution in [1.29, 1.82) is 0 Å². The summed E-state index contributed by atoms with van der Waals surface area (Å²) >= 11 is 0. The number of carbonyl (C=O) groups is 4. The number of anilines is 1. The molecule has 0 saturated heterocycles. The second-order valence-corrected chi connectivity index (χ2v) is 7.79. The van der Waals surface area contributed by atoms with Crippen molar-refractivity contribution in [1.82, 2.24) is 5.06 Å². The lowest BCUT2D eigenvalue weighted by molar-refractivity contribution is -0.123. The Labute approximate surface area is 178 Å². The molecule has 1 aliphatic rings. The average Bonchev–Trinajstić information content (AvgIpc) is 2.97. The maximum Gasteiger partial charge on any atom is 0.366 e. The molecular weight excluding hydrogens is 404 g/mol. The van der Waals surface area contributed by atoms with Gasteiger partial charge in [0.1, 0.15) is 0 Å². The molecule has 3 amide bonds. The second kappa shape index (κ2) is 8.10. The van der Waals surface area contributed by atoms with E-state index in [9.17, 15) is 19.2 Å². The zero-order valence-electron chi connectivity index (χ0n) is 17.8. The molecule has 162 valence electrons. The third-order valence-electron chi connectivity index (χ3n) is 4.60. The molecule has 0 fully saturated rings. The third-order valence-corrected chi connectivity index (χ3v) is 4.60. The van der Waals surface area contributed by atoms with Crippen molar-refractivity contribution in [3.8, 4) is 11.5 Å². The number of methoxy groups -OCH3 is 2. The Morgan fingerprint density at radius 1 is 0.903 bits per heavy atom. The molecule has 0 aliphatic carbocycles. The van der Waals surface area contributed by atoms with Crippen molar-refractivity contribution in [3.05, 3.63) is 53.1 Å². The largest absolute Gasteiger partial charge is 0.493 e. The van der Waals surface area contributed by atoms with Gasteiger partial charge >= 0.3 is 5.97 Å². The summed E-state index contributed by atoms with van der Waals surface area (Å²) in [5.74, 6) is -2.44. The topological polar surface area (TPSA) is 111 Å². The molecule has 2 aromatic carbocycles. The Balaban J connectivity index is 1.97. The van der Waals surface area contributed by atoms with Crippen LogP contribution in [0.4, 0.5) is 5.69 Å². The van der Waals surface area contributed by atoms with Crippen molar-refractivity contribution in [2.45, 2.75) is 20.8 Å². The molecule has 9 nitrogen and oxygen atoms in total. The Kier molecular flexibility index (Phi) is 5.70. The summed E-state index contributed by atoms with van der Waals surface area (Å²) in [4.78, 5) is 55.6. The van der Waals surface area contributed by atoms with E-state index in [0.717, 1.165) is 0 Å². The van der Waals surface area contributed by atoms with Gasteiger partial charge in [-0.3, -0.25) is 14.4 Å². The smallest absolute Gasteiger partial charge is 0.366 e. The Hall–Kier alpha value is -3.88. The lowest BCUT2D eigenvalue weighted by Crippen LogP contribution is -2.33. The molecule has 0 atom stereocenters. The van der Waals surface area contributed by atoms with Crippen LogP contribution in [0, 0.1) is 5.41 Å². The average molecular weight is 426 g/mol. The predicted molar refractivity (Wildman–Crippen MR) is 110 cm³/mol. The quantitative estimate of drug-likeness (QED) is 0.732. The first-order valence-electron chi connectivity index (χ1n) is 9.36. The maximum absolute atomic E-state index is 12.9. The normalized spacial score (nSPS) is 13.0. The summed E-state index contributed by atoms with van der Waals surface area (Å²) in [6.45, 7) is 5.12. The van der Waals surface area contributed by atoms with Crippen LogP contribution in [0.2, 0.25) is 0 Å². The number of nitrogens with zero attached hydrogens (tertiary/aromatic N) is 1. The molecule has 9 heteroatoms. The Bertz CT molecular complexity index is 1050. The number of amides is 3. The highest BCUT2D eigenvalue weighted by molar-refractivity contribution is 6.21. The highest BCUT2D eigenvalue weighted by Gasteiger charge is 2.39. The SMILES string of the molecule is COc1cc(NC(=O)C(C)(C)C)c(C(=O)ON2C(=O)c3ccccc3C2=O)cc1OC. The van der Waals surface area contributed by atoms with Crippen LogP contribution in [0.1, 0.15) is 51.8 Å². The summed E-state index contributed by atoms with van der Waals surface area (Å²) in [5.41, 5.74) is -0.523. The van der Waals surface area contributed by atoms with Gasteiger partial charge in [0.05, 0.1) is 36.6 Å². The van der Waals surface area contributed by atoms with Crippen LogP contribution in [0.3, 0.4) is 0 Å². The van der Waals surface area contributed by atoms with E-state index in [1.165, 1.54) is 38.5 Å². The van der Waals surface area contributed by atoms with Gasteiger partial charge in [0, 0.05) is 17.5 Å². The van der Waals surface area contributed by atoms with E-state index in [0.29, 0.717) is 5.06 Å². The molecule has 0 saturated carbocycles. The minimum atomic E-state index is -1.03. The number of imide groups is 1. The first kappa shape index (κ1) is 21.8. The van der Waals surface area contributed by atoms with E-state index in [1.807, 2.05) is 0 Å². The van der Waals surface area contributed by atoms with E-state index in [-0.39, 0.29) is 39.8 Å². The van der Waals surface area contributed by atoms with Crippen LogP contribution >= 0.6 is 0 Å².